The van der Waals surface area contributed by atoms with Crippen LogP contribution in [0.4, 0.5) is 0 Å². The summed E-state index contributed by atoms with van der Waals surface area (Å²) in [6, 6.07) is 9.92. The van der Waals surface area contributed by atoms with Gasteiger partial charge in [0.25, 0.3) is 0 Å². The van der Waals surface area contributed by atoms with Gasteiger partial charge in [0.15, 0.2) is 6.29 Å². The molecule has 2 aromatic rings. The standard InChI is InChI=1S/C18H20O2/c1-12-8-14(3)17(15(4)9-12)11-20-18-13(2)6-5-7-16(18)10-19/h5-10H,11H2,1-4H3. The maximum absolute atomic E-state index is 11.1. The van der Waals surface area contributed by atoms with Gasteiger partial charge in [-0.3, -0.25) is 4.79 Å². The highest BCUT2D eigenvalue weighted by atomic mass is 16.5. The monoisotopic (exact) mass is 268 g/mol. The van der Waals surface area contributed by atoms with E-state index in [1.54, 1.807) is 6.07 Å². The molecule has 0 unspecified atom stereocenters. The molecule has 0 spiro atoms. The van der Waals surface area contributed by atoms with Crippen LogP contribution in [0.15, 0.2) is 30.3 Å². The fourth-order valence-corrected chi connectivity index (χ4v) is 2.55. The molecule has 2 rings (SSSR count). The molecule has 2 nitrogen and oxygen atoms in total. The molecule has 2 aromatic carbocycles. The molecule has 0 heterocycles. The molecule has 0 fully saturated rings. The lowest BCUT2D eigenvalue weighted by Crippen LogP contribution is -2.04. The highest BCUT2D eigenvalue weighted by Gasteiger charge is 2.09. The van der Waals surface area contributed by atoms with Gasteiger partial charge in [-0.25, -0.2) is 0 Å². The highest BCUT2D eigenvalue weighted by molar-refractivity contribution is 5.80. The van der Waals surface area contributed by atoms with Crippen molar-refractivity contribution in [3.05, 3.63) is 63.7 Å². The lowest BCUT2D eigenvalue weighted by Gasteiger charge is -2.15. The number of rotatable bonds is 4. The fraction of sp³-hybridized carbons (Fsp3) is 0.278. The summed E-state index contributed by atoms with van der Waals surface area (Å²) in [6.07, 6.45) is 0.844. The molecule has 104 valence electrons. The summed E-state index contributed by atoms with van der Waals surface area (Å²) in [5.74, 6) is 0.682. The van der Waals surface area contributed by atoms with Crippen molar-refractivity contribution in [2.45, 2.75) is 34.3 Å². The van der Waals surface area contributed by atoms with Crippen molar-refractivity contribution in [1.29, 1.82) is 0 Å². The smallest absolute Gasteiger partial charge is 0.153 e. The quantitative estimate of drug-likeness (QED) is 0.772. The van der Waals surface area contributed by atoms with Crippen LogP contribution >= 0.6 is 0 Å². The molecular formula is C18H20O2. The van der Waals surface area contributed by atoms with Crippen LogP contribution in [-0.2, 0) is 6.61 Å². The average molecular weight is 268 g/mol. The normalized spacial score (nSPS) is 10.4. The number of aryl methyl sites for hydroxylation is 4. The summed E-state index contributed by atoms with van der Waals surface area (Å²) in [4.78, 5) is 11.1. The van der Waals surface area contributed by atoms with Crippen LogP contribution in [0.25, 0.3) is 0 Å². The minimum absolute atomic E-state index is 0.490. The van der Waals surface area contributed by atoms with Crippen LogP contribution in [0.3, 0.4) is 0 Å². The van der Waals surface area contributed by atoms with E-state index in [-0.39, 0.29) is 0 Å². The van der Waals surface area contributed by atoms with E-state index in [4.69, 9.17) is 4.74 Å². The van der Waals surface area contributed by atoms with Gasteiger partial charge < -0.3 is 4.74 Å². The van der Waals surface area contributed by atoms with E-state index in [9.17, 15) is 4.79 Å². The molecule has 0 amide bonds. The van der Waals surface area contributed by atoms with Gasteiger partial charge in [0, 0.05) is 0 Å². The van der Waals surface area contributed by atoms with Crippen molar-refractivity contribution >= 4 is 6.29 Å². The van der Waals surface area contributed by atoms with Crippen LogP contribution in [0.5, 0.6) is 5.75 Å². The lowest BCUT2D eigenvalue weighted by atomic mass is 10.0. The number of aldehydes is 1. The number of ether oxygens (including phenoxy) is 1. The van der Waals surface area contributed by atoms with E-state index < -0.39 is 0 Å². The third kappa shape index (κ3) is 2.90. The van der Waals surface area contributed by atoms with Crippen molar-refractivity contribution in [2.75, 3.05) is 0 Å². The topological polar surface area (TPSA) is 26.3 Å². The van der Waals surface area contributed by atoms with E-state index in [2.05, 4.69) is 32.9 Å². The summed E-state index contributed by atoms with van der Waals surface area (Å²) in [7, 11) is 0. The second kappa shape index (κ2) is 5.91. The van der Waals surface area contributed by atoms with Gasteiger partial charge in [-0.2, -0.15) is 0 Å². The SMILES string of the molecule is Cc1cc(C)c(COc2c(C)cccc2C=O)c(C)c1. The van der Waals surface area contributed by atoms with E-state index in [0.717, 1.165) is 11.8 Å². The number of benzene rings is 2. The second-order valence-corrected chi connectivity index (χ2v) is 5.28. The molecule has 0 saturated heterocycles. The molecule has 0 aromatic heterocycles. The first kappa shape index (κ1) is 14.3. The van der Waals surface area contributed by atoms with Gasteiger partial charge in [0.05, 0.1) is 5.56 Å². The first-order chi connectivity index (χ1) is 9.52. The zero-order valence-corrected chi connectivity index (χ0v) is 12.5. The molecule has 0 aliphatic heterocycles. The zero-order valence-electron chi connectivity index (χ0n) is 12.5. The molecule has 0 aliphatic rings. The lowest BCUT2D eigenvalue weighted by molar-refractivity contribution is 0.111. The Kier molecular flexibility index (Phi) is 4.23. The maximum atomic E-state index is 11.1. The van der Waals surface area contributed by atoms with E-state index >= 15 is 0 Å². The highest BCUT2D eigenvalue weighted by Crippen LogP contribution is 2.25. The summed E-state index contributed by atoms with van der Waals surface area (Å²) >= 11 is 0. The first-order valence-electron chi connectivity index (χ1n) is 6.77. The molecular weight excluding hydrogens is 248 g/mol. The Hall–Kier alpha value is -2.09. The predicted molar refractivity (Wildman–Crippen MR) is 81.6 cm³/mol. The fourth-order valence-electron chi connectivity index (χ4n) is 2.55. The zero-order chi connectivity index (χ0) is 14.7. The number of carbonyl (C=O) groups is 1. The van der Waals surface area contributed by atoms with E-state index in [1.807, 2.05) is 19.1 Å². The van der Waals surface area contributed by atoms with E-state index in [1.165, 1.54) is 22.3 Å². The van der Waals surface area contributed by atoms with Gasteiger partial charge >= 0.3 is 0 Å². The van der Waals surface area contributed by atoms with Crippen molar-refractivity contribution in [3.63, 3.8) is 0 Å². The number of hydrogen-bond acceptors (Lipinski definition) is 2. The van der Waals surface area contributed by atoms with Crippen LogP contribution in [0.2, 0.25) is 0 Å². The molecule has 0 N–H and O–H groups in total. The summed E-state index contributed by atoms with van der Waals surface area (Å²) < 4.78 is 5.92. The largest absolute Gasteiger partial charge is 0.488 e. The Balaban J connectivity index is 2.28. The molecule has 0 atom stereocenters. The summed E-state index contributed by atoms with van der Waals surface area (Å²) in [6.45, 7) is 8.73. The van der Waals surface area contributed by atoms with Gasteiger partial charge in [-0.1, -0.05) is 29.8 Å². The van der Waals surface area contributed by atoms with Crippen LogP contribution in [-0.4, -0.2) is 6.29 Å². The number of hydrogen-bond donors (Lipinski definition) is 0. The molecule has 2 heteroatoms. The predicted octanol–water partition coefficient (Wildman–Crippen LogP) is 4.31. The van der Waals surface area contributed by atoms with E-state index in [0.29, 0.717) is 17.9 Å². The average Bonchev–Trinajstić information content (AvgIpc) is 2.38. The van der Waals surface area contributed by atoms with Gasteiger partial charge in [-0.15, -0.1) is 0 Å². The minimum Gasteiger partial charge on any atom is -0.488 e. The van der Waals surface area contributed by atoms with Crippen LogP contribution < -0.4 is 4.74 Å². The molecule has 0 aliphatic carbocycles. The summed E-state index contributed by atoms with van der Waals surface area (Å²) in [5.41, 5.74) is 6.49. The Morgan fingerprint density at radius 1 is 1.00 bits per heavy atom. The maximum Gasteiger partial charge on any atom is 0.153 e. The molecule has 0 saturated carbocycles. The third-order valence-electron chi connectivity index (χ3n) is 3.57. The minimum atomic E-state index is 0.490. The Labute approximate surface area is 120 Å². The number of carbonyl (C=O) groups excluding carboxylic acids is 1. The molecule has 20 heavy (non-hydrogen) atoms. The molecule has 0 bridgehead atoms. The number of para-hydroxylation sites is 1. The molecule has 0 radical (unpaired) electrons. The first-order valence-corrected chi connectivity index (χ1v) is 6.77. The van der Waals surface area contributed by atoms with Gasteiger partial charge in [-0.05, 0) is 56.0 Å². The van der Waals surface area contributed by atoms with Gasteiger partial charge in [0.1, 0.15) is 12.4 Å². The van der Waals surface area contributed by atoms with Crippen molar-refractivity contribution in [3.8, 4) is 5.75 Å². The van der Waals surface area contributed by atoms with Crippen molar-refractivity contribution in [2.24, 2.45) is 0 Å². The van der Waals surface area contributed by atoms with Gasteiger partial charge in [0.2, 0.25) is 0 Å². The Morgan fingerprint density at radius 2 is 1.65 bits per heavy atom. The van der Waals surface area contributed by atoms with Crippen LogP contribution in [0, 0.1) is 27.7 Å². The van der Waals surface area contributed by atoms with Crippen molar-refractivity contribution < 1.29 is 9.53 Å². The second-order valence-electron chi connectivity index (χ2n) is 5.28. The Morgan fingerprint density at radius 3 is 2.25 bits per heavy atom. The third-order valence-corrected chi connectivity index (χ3v) is 3.57. The van der Waals surface area contributed by atoms with Crippen molar-refractivity contribution in [1.82, 2.24) is 0 Å². The van der Waals surface area contributed by atoms with Crippen LogP contribution in [0.1, 0.15) is 38.2 Å². The summed E-state index contributed by atoms with van der Waals surface area (Å²) in [5, 5.41) is 0. The Bertz CT molecular complexity index is 619.